The standard InChI is InChI=1S/C38H35F4N5O5/c39-31-19-26(47-13-16-52-22-33(47)38(40,41)42)17-25(21-46-11-14-51-15-12-46)34(31)36(48)45-32(37(49)50)18-24-3-1-5-28-27(24)4-2-6-29(28)35-30-20-43-9-7-23(30)8-10-44-35/h1-10,17,19-20,32-33H,11-16,18,21-22H2,(H,45,48)(H,49,50)/t32-,33+/m0/s1. The van der Waals surface area contributed by atoms with Crippen molar-refractivity contribution in [3.8, 4) is 11.3 Å². The van der Waals surface area contributed by atoms with E-state index < -0.39 is 48.1 Å². The second-order valence-electron chi connectivity index (χ2n) is 12.8. The zero-order valence-corrected chi connectivity index (χ0v) is 27.9. The lowest BCUT2D eigenvalue weighted by Gasteiger charge is -2.38. The number of carboxylic acids is 1. The summed E-state index contributed by atoms with van der Waals surface area (Å²) in [7, 11) is 0. The van der Waals surface area contributed by atoms with Crippen LogP contribution in [0, 0.1) is 5.82 Å². The summed E-state index contributed by atoms with van der Waals surface area (Å²) in [6, 6.07) is 13.7. The van der Waals surface area contributed by atoms with Crippen LogP contribution in [0.3, 0.4) is 0 Å². The molecule has 2 N–H and O–H groups in total. The van der Waals surface area contributed by atoms with Gasteiger partial charge in [0.15, 0.2) is 0 Å². The highest BCUT2D eigenvalue weighted by atomic mass is 19.4. The van der Waals surface area contributed by atoms with Crippen molar-refractivity contribution in [2.75, 3.05) is 51.0 Å². The van der Waals surface area contributed by atoms with Crippen molar-refractivity contribution in [1.29, 1.82) is 0 Å². The number of benzene rings is 3. The van der Waals surface area contributed by atoms with E-state index in [1.165, 1.54) is 6.07 Å². The second-order valence-corrected chi connectivity index (χ2v) is 12.8. The first kappa shape index (κ1) is 35.2. The first-order chi connectivity index (χ1) is 25.1. The first-order valence-electron chi connectivity index (χ1n) is 16.9. The van der Waals surface area contributed by atoms with Crippen LogP contribution in [0.4, 0.5) is 23.2 Å². The first-order valence-corrected chi connectivity index (χ1v) is 16.9. The Kier molecular flexibility index (Phi) is 10.0. The normalized spacial score (nSPS) is 17.7. The summed E-state index contributed by atoms with van der Waals surface area (Å²) < 4.78 is 68.5. The smallest absolute Gasteiger partial charge is 0.411 e. The van der Waals surface area contributed by atoms with E-state index in [2.05, 4.69) is 15.3 Å². The van der Waals surface area contributed by atoms with E-state index in [0.29, 0.717) is 37.6 Å². The quantitative estimate of drug-likeness (QED) is 0.188. The number of morpholine rings is 2. The minimum atomic E-state index is -4.64. The van der Waals surface area contributed by atoms with Crippen molar-refractivity contribution in [3.63, 3.8) is 0 Å². The lowest BCUT2D eigenvalue weighted by atomic mass is 9.93. The zero-order valence-electron chi connectivity index (χ0n) is 27.9. The molecule has 2 aliphatic heterocycles. The minimum absolute atomic E-state index is 0.0147. The molecule has 0 unspecified atom stereocenters. The molecule has 2 aliphatic rings. The van der Waals surface area contributed by atoms with E-state index in [1.807, 2.05) is 41.3 Å². The van der Waals surface area contributed by atoms with E-state index in [1.54, 1.807) is 30.7 Å². The number of alkyl halides is 3. The molecular weight excluding hydrogens is 682 g/mol. The number of halogens is 4. The number of hydrogen-bond acceptors (Lipinski definition) is 8. The highest BCUT2D eigenvalue weighted by molar-refractivity contribution is 6.04. The van der Waals surface area contributed by atoms with E-state index in [-0.39, 0.29) is 37.4 Å². The molecule has 7 rings (SSSR count). The Bertz CT molecular complexity index is 2120. The van der Waals surface area contributed by atoms with Gasteiger partial charge in [0.2, 0.25) is 0 Å². The predicted molar refractivity (Wildman–Crippen MR) is 186 cm³/mol. The molecule has 14 heteroatoms. The monoisotopic (exact) mass is 717 g/mol. The zero-order chi connectivity index (χ0) is 36.4. The lowest BCUT2D eigenvalue weighted by Crippen LogP contribution is -2.53. The predicted octanol–water partition coefficient (Wildman–Crippen LogP) is 5.61. The van der Waals surface area contributed by atoms with Crippen LogP contribution in [0.15, 0.2) is 79.3 Å². The molecule has 2 aromatic heterocycles. The topological polar surface area (TPSA) is 117 Å². The number of hydrogen-bond donors (Lipinski definition) is 2. The minimum Gasteiger partial charge on any atom is -0.480 e. The van der Waals surface area contributed by atoms with Crippen LogP contribution in [0.25, 0.3) is 32.8 Å². The maximum absolute atomic E-state index is 16.1. The SMILES string of the molecule is O=C(N[C@@H](Cc1cccc2c(-c3nccc4ccncc34)cccc12)C(=O)O)c1c(F)cc(N2CCOC[C@@H]2C(F)(F)F)cc1CN1CCOCC1. The number of pyridine rings is 2. The molecule has 2 atom stereocenters. The molecule has 5 aromatic rings. The van der Waals surface area contributed by atoms with Crippen LogP contribution in [-0.4, -0.2) is 96.2 Å². The van der Waals surface area contributed by atoms with E-state index in [4.69, 9.17) is 9.47 Å². The van der Waals surface area contributed by atoms with Gasteiger partial charge in [-0.25, -0.2) is 9.18 Å². The summed E-state index contributed by atoms with van der Waals surface area (Å²) in [6.07, 6.45) is 0.381. The fraction of sp³-hybridized carbons (Fsp3) is 0.316. The third kappa shape index (κ3) is 7.27. The van der Waals surface area contributed by atoms with Gasteiger partial charge in [0.1, 0.15) is 17.9 Å². The molecule has 0 radical (unpaired) electrons. The Balaban J connectivity index is 1.21. The molecule has 52 heavy (non-hydrogen) atoms. The van der Waals surface area contributed by atoms with Gasteiger partial charge < -0.3 is 24.8 Å². The number of aromatic nitrogens is 2. The Morgan fingerprint density at radius 2 is 1.67 bits per heavy atom. The fourth-order valence-corrected chi connectivity index (χ4v) is 7.01. The largest absolute Gasteiger partial charge is 0.480 e. The molecule has 3 aromatic carbocycles. The van der Waals surface area contributed by atoms with Gasteiger partial charge in [-0.15, -0.1) is 0 Å². The number of carbonyl (C=O) groups is 2. The molecular formula is C38H35F4N5O5. The lowest BCUT2D eigenvalue weighted by molar-refractivity contribution is -0.167. The van der Waals surface area contributed by atoms with Crippen molar-refractivity contribution in [2.24, 2.45) is 0 Å². The van der Waals surface area contributed by atoms with Gasteiger partial charge >= 0.3 is 12.1 Å². The average Bonchev–Trinajstić information content (AvgIpc) is 3.14. The maximum Gasteiger partial charge on any atom is 0.411 e. The number of aliphatic carboxylic acids is 1. The third-order valence-corrected chi connectivity index (χ3v) is 9.58. The van der Waals surface area contributed by atoms with Gasteiger partial charge in [0, 0.05) is 67.8 Å². The number of fused-ring (bicyclic) bond motifs is 2. The molecule has 2 fully saturated rings. The van der Waals surface area contributed by atoms with Crippen LogP contribution in [-0.2, 0) is 27.2 Å². The number of amides is 1. The summed E-state index contributed by atoms with van der Waals surface area (Å²) in [4.78, 5) is 38.4. The fourth-order valence-electron chi connectivity index (χ4n) is 7.01. The van der Waals surface area contributed by atoms with E-state index in [0.717, 1.165) is 38.1 Å². The number of nitrogens with zero attached hydrogens (tertiary/aromatic N) is 4. The Morgan fingerprint density at radius 3 is 2.46 bits per heavy atom. The molecule has 270 valence electrons. The van der Waals surface area contributed by atoms with Crippen molar-refractivity contribution < 1.29 is 41.7 Å². The number of ether oxygens (including phenoxy) is 2. The van der Waals surface area contributed by atoms with Gasteiger partial charge in [-0.1, -0.05) is 36.4 Å². The number of carbonyl (C=O) groups excluding carboxylic acids is 1. The molecule has 4 heterocycles. The van der Waals surface area contributed by atoms with Gasteiger partial charge in [-0.2, -0.15) is 13.2 Å². The molecule has 0 bridgehead atoms. The highest BCUT2D eigenvalue weighted by Gasteiger charge is 2.46. The summed E-state index contributed by atoms with van der Waals surface area (Å²) >= 11 is 0. The number of anilines is 1. The Morgan fingerprint density at radius 1 is 0.923 bits per heavy atom. The number of nitrogens with one attached hydrogen (secondary N) is 1. The van der Waals surface area contributed by atoms with Crippen LogP contribution in [0.1, 0.15) is 21.5 Å². The van der Waals surface area contributed by atoms with Crippen LogP contribution in [0.5, 0.6) is 0 Å². The average molecular weight is 718 g/mol. The van der Waals surface area contributed by atoms with Gasteiger partial charge in [-0.05, 0) is 51.6 Å². The van der Waals surface area contributed by atoms with E-state index in [9.17, 15) is 27.9 Å². The Hall–Kier alpha value is -5.18. The molecule has 10 nitrogen and oxygen atoms in total. The summed E-state index contributed by atoms with van der Waals surface area (Å²) in [5.74, 6) is -3.37. The molecule has 0 spiro atoms. The van der Waals surface area contributed by atoms with Crippen LogP contribution in [0.2, 0.25) is 0 Å². The second kappa shape index (κ2) is 14.8. The van der Waals surface area contributed by atoms with E-state index >= 15 is 4.39 Å². The maximum atomic E-state index is 16.1. The summed E-state index contributed by atoms with van der Waals surface area (Å²) in [5.41, 5.74) is 1.83. The molecule has 2 saturated heterocycles. The molecule has 1 amide bonds. The van der Waals surface area contributed by atoms with Crippen molar-refractivity contribution in [3.05, 3.63) is 102 Å². The number of rotatable bonds is 9. The summed E-state index contributed by atoms with van der Waals surface area (Å²) in [6.45, 7) is 1.02. The molecule has 0 aliphatic carbocycles. The van der Waals surface area contributed by atoms with Gasteiger partial charge in [0.05, 0.1) is 37.7 Å². The van der Waals surface area contributed by atoms with Crippen LogP contribution >= 0.6 is 0 Å². The van der Waals surface area contributed by atoms with Crippen molar-refractivity contribution >= 4 is 39.1 Å². The van der Waals surface area contributed by atoms with Crippen molar-refractivity contribution in [2.45, 2.75) is 31.2 Å². The van der Waals surface area contributed by atoms with Gasteiger partial charge in [0.25, 0.3) is 5.91 Å². The Labute approximate surface area is 296 Å². The van der Waals surface area contributed by atoms with Crippen molar-refractivity contribution in [1.82, 2.24) is 20.2 Å². The van der Waals surface area contributed by atoms with Gasteiger partial charge in [-0.3, -0.25) is 19.7 Å². The summed E-state index contributed by atoms with van der Waals surface area (Å²) in [5, 5.41) is 16.2. The highest BCUT2D eigenvalue weighted by Crippen LogP contribution is 2.35. The number of carboxylic acid groups (broad SMARTS) is 1. The van der Waals surface area contributed by atoms with Crippen LogP contribution < -0.4 is 10.2 Å². The molecule has 0 saturated carbocycles. The third-order valence-electron chi connectivity index (χ3n) is 9.58.